The number of thiocarbonyl (C=S) groups is 1. The molecule has 0 aliphatic heterocycles. The lowest BCUT2D eigenvalue weighted by Gasteiger charge is -2.18. The number of nitrogens with two attached hydrogens (primary N) is 1. The van der Waals surface area contributed by atoms with E-state index >= 15 is 0 Å². The van der Waals surface area contributed by atoms with Gasteiger partial charge in [0.1, 0.15) is 10.0 Å². The van der Waals surface area contributed by atoms with E-state index in [9.17, 15) is 4.79 Å². The minimum absolute atomic E-state index is 0.0925. The Labute approximate surface area is 159 Å². The number of pyridine rings is 1. The molecular formula is C15H14Cl2N4OS2. The SMILES string of the molecule is CC(=O)c1ccc(N(N)CSC(=S)Nc2cc(Cl)cc(Cl)c2)cn1. The standard InChI is InChI=1S/C15H14Cl2N4OS2/c1-9(22)14-3-2-13(7-19-14)21(18)8-24-15(23)20-12-5-10(16)4-11(17)6-12/h2-7H,8,18H2,1H3,(H,20,23). The number of Topliss-reactive ketones (excluding diaryl/α,β-unsaturated/α-hetero) is 1. The van der Waals surface area contributed by atoms with Crippen LogP contribution in [-0.4, -0.2) is 21.0 Å². The number of nitrogens with one attached hydrogen (secondary N) is 1. The van der Waals surface area contributed by atoms with Gasteiger partial charge in [-0.1, -0.05) is 47.2 Å². The maximum atomic E-state index is 11.2. The topological polar surface area (TPSA) is 71.2 Å². The maximum absolute atomic E-state index is 11.2. The van der Waals surface area contributed by atoms with Gasteiger partial charge < -0.3 is 5.32 Å². The lowest BCUT2D eigenvalue weighted by atomic mass is 10.2. The number of aromatic nitrogens is 1. The van der Waals surface area contributed by atoms with Crippen molar-refractivity contribution in [2.45, 2.75) is 6.92 Å². The van der Waals surface area contributed by atoms with E-state index in [4.69, 9.17) is 41.3 Å². The molecule has 2 aromatic rings. The molecule has 2 rings (SSSR count). The molecule has 0 spiro atoms. The molecule has 24 heavy (non-hydrogen) atoms. The Kier molecular flexibility index (Phi) is 6.82. The predicted octanol–water partition coefficient (Wildman–Crippen LogP) is 4.36. The van der Waals surface area contributed by atoms with E-state index in [2.05, 4.69) is 10.3 Å². The maximum Gasteiger partial charge on any atom is 0.178 e. The summed E-state index contributed by atoms with van der Waals surface area (Å²) < 4.78 is 0.525. The van der Waals surface area contributed by atoms with Crippen molar-refractivity contribution in [3.05, 3.63) is 52.3 Å². The number of carbonyl (C=O) groups excluding carboxylic acids is 1. The molecule has 1 aromatic carbocycles. The fraction of sp³-hybridized carbons (Fsp3) is 0.133. The van der Waals surface area contributed by atoms with Gasteiger partial charge in [-0.25, -0.2) is 5.84 Å². The quantitative estimate of drug-likeness (QED) is 0.254. The van der Waals surface area contributed by atoms with Gasteiger partial charge in [0.15, 0.2) is 5.78 Å². The molecule has 0 atom stereocenters. The van der Waals surface area contributed by atoms with E-state index < -0.39 is 0 Å². The second kappa shape index (κ2) is 8.64. The first-order valence-electron chi connectivity index (χ1n) is 6.74. The summed E-state index contributed by atoms with van der Waals surface area (Å²) in [4.78, 5) is 15.3. The summed E-state index contributed by atoms with van der Waals surface area (Å²) in [6, 6.07) is 8.46. The molecule has 0 radical (unpaired) electrons. The molecule has 0 aliphatic rings. The summed E-state index contributed by atoms with van der Waals surface area (Å²) >= 11 is 18.5. The zero-order chi connectivity index (χ0) is 17.7. The minimum atomic E-state index is -0.0925. The number of anilines is 2. The number of carbonyl (C=O) groups is 1. The molecule has 0 fully saturated rings. The second-order valence-electron chi connectivity index (χ2n) is 4.77. The van der Waals surface area contributed by atoms with Crippen LogP contribution in [0.2, 0.25) is 10.0 Å². The zero-order valence-corrected chi connectivity index (χ0v) is 15.8. The number of thioether (sulfide) groups is 1. The van der Waals surface area contributed by atoms with E-state index in [1.54, 1.807) is 36.5 Å². The van der Waals surface area contributed by atoms with Crippen molar-refractivity contribution in [3.63, 3.8) is 0 Å². The van der Waals surface area contributed by atoms with Crippen LogP contribution in [0, 0.1) is 0 Å². The first-order valence-corrected chi connectivity index (χ1v) is 8.89. The lowest BCUT2D eigenvalue weighted by molar-refractivity contribution is 0.101. The van der Waals surface area contributed by atoms with Crippen molar-refractivity contribution in [2.24, 2.45) is 5.84 Å². The van der Waals surface area contributed by atoms with Crippen LogP contribution >= 0.6 is 47.2 Å². The average Bonchev–Trinajstić information content (AvgIpc) is 2.51. The van der Waals surface area contributed by atoms with E-state index in [0.717, 1.165) is 0 Å². The number of hydrogen-bond acceptors (Lipinski definition) is 6. The normalized spacial score (nSPS) is 10.3. The van der Waals surface area contributed by atoms with Crippen LogP contribution in [-0.2, 0) is 0 Å². The lowest BCUT2D eigenvalue weighted by Crippen LogP contribution is -2.31. The minimum Gasteiger partial charge on any atom is -0.341 e. The van der Waals surface area contributed by atoms with E-state index in [-0.39, 0.29) is 5.78 Å². The highest BCUT2D eigenvalue weighted by atomic mass is 35.5. The Balaban J connectivity index is 1.89. The largest absolute Gasteiger partial charge is 0.341 e. The van der Waals surface area contributed by atoms with Gasteiger partial charge in [0, 0.05) is 22.7 Å². The molecule has 126 valence electrons. The fourth-order valence-corrected chi connectivity index (χ4v) is 3.14. The summed E-state index contributed by atoms with van der Waals surface area (Å²) in [5.41, 5.74) is 1.79. The molecular weight excluding hydrogens is 387 g/mol. The van der Waals surface area contributed by atoms with Gasteiger partial charge in [-0.15, -0.1) is 0 Å². The molecule has 0 bridgehead atoms. The Bertz CT molecular complexity index is 735. The van der Waals surface area contributed by atoms with Crippen molar-refractivity contribution >= 4 is 68.7 Å². The van der Waals surface area contributed by atoms with Crippen LogP contribution in [0.5, 0.6) is 0 Å². The number of rotatable bonds is 5. The number of ketones is 1. The van der Waals surface area contributed by atoms with Crippen molar-refractivity contribution < 1.29 is 4.79 Å². The monoisotopic (exact) mass is 400 g/mol. The van der Waals surface area contributed by atoms with Crippen LogP contribution < -0.4 is 16.2 Å². The highest BCUT2D eigenvalue weighted by molar-refractivity contribution is 8.23. The second-order valence-corrected chi connectivity index (χ2v) is 7.27. The number of hydrogen-bond donors (Lipinski definition) is 2. The van der Waals surface area contributed by atoms with Crippen molar-refractivity contribution in [1.29, 1.82) is 0 Å². The summed E-state index contributed by atoms with van der Waals surface area (Å²) in [6.07, 6.45) is 1.55. The number of nitrogens with zero attached hydrogens (tertiary/aromatic N) is 2. The third-order valence-electron chi connectivity index (χ3n) is 2.88. The van der Waals surface area contributed by atoms with Gasteiger partial charge in [-0.05, 0) is 30.3 Å². The van der Waals surface area contributed by atoms with Gasteiger partial charge in [-0.3, -0.25) is 14.8 Å². The Hall–Kier alpha value is -1.38. The number of hydrazine groups is 1. The molecule has 0 saturated heterocycles. The summed E-state index contributed by atoms with van der Waals surface area (Å²) in [6.45, 7) is 1.46. The molecule has 3 N–H and O–H groups in total. The summed E-state index contributed by atoms with van der Waals surface area (Å²) in [7, 11) is 0. The van der Waals surface area contributed by atoms with Crippen LogP contribution in [0.25, 0.3) is 0 Å². The highest BCUT2D eigenvalue weighted by Gasteiger charge is 2.07. The van der Waals surface area contributed by atoms with E-state index in [0.29, 0.717) is 37.3 Å². The first kappa shape index (κ1) is 19.0. The third-order valence-corrected chi connectivity index (χ3v) is 4.55. The van der Waals surface area contributed by atoms with Gasteiger partial charge in [0.2, 0.25) is 0 Å². The Morgan fingerprint density at radius 1 is 1.33 bits per heavy atom. The van der Waals surface area contributed by atoms with E-state index in [1.165, 1.54) is 23.7 Å². The van der Waals surface area contributed by atoms with Crippen molar-refractivity contribution in [1.82, 2.24) is 4.98 Å². The van der Waals surface area contributed by atoms with Gasteiger partial charge in [0.25, 0.3) is 0 Å². The summed E-state index contributed by atoms with van der Waals surface area (Å²) in [5, 5.41) is 5.57. The number of benzene rings is 1. The predicted molar refractivity (Wildman–Crippen MR) is 106 cm³/mol. The molecule has 1 aromatic heterocycles. The number of halogens is 2. The van der Waals surface area contributed by atoms with Crippen LogP contribution in [0.3, 0.4) is 0 Å². The molecule has 0 amide bonds. The molecule has 1 heterocycles. The fourth-order valence-electron chi connectivity index (χ4n) is 1.75. The Morgan fingerprint density at radius 3 is 2.54 bits per heavy atom. The molecule has 9 heteroatoms. The zero-order valence-electron chi connectivity index (χ0n) is 12.6. The van der Waals surface area contributed by atoms with Gasteiger partial charge >= 0.3 is 0 Å². The van der Waals surface area contributed by atoms with Crippen LogP contribution in [0.1, 0.15) is 17.4 Å². The van der Waals surface area contributed by atoms with Crippen LogP contribution in [0.4, 0.5) is 11.4 Å². The average molecular weight is 401 g/mol. The highest BCUT2D eigenvalue weighted by Crippen LogP contribution is 2.24. The molecule has 5 nitrogen and oxygen atoms in total. The van der Waals surface area contributed by atoms with Crippen molar-refractivity contribution in [2.75, 3.05) is 16.2 Å². The first-order chi connectivity index (χ1) is 11.3. The van der Waals surface area contributed by atoms with Gasteiger partial charge in [0.05, 0.1) is 17.8 Å². The molecule has 0 aliphatic carbocycles. The Morgan fingerprint density at radius 2 is 2.00 bits per heavy atom. The van der Waals surface area contributed by atoms with E-state index in [1.807, 2.05) is 0 Å². The summed E-state index contributed by atoms with van der Waals surface area (Å²) in [5.74, 6) is 6.28. The molecule has 0 unspecified atom stereocenters. The molecule has 0 saturated carbocycles. The third kappa shape index (κ3) is 5.61. The van der Waals surface area contributed by atoms with Gasteiger partial charge in [-0.2, -0.15) is 0 Å². The van der Waals surface area contributed by atoms with Crippen molar-refractivity contribution in [3.8, 4) is 0 Å². The van der Waals surface area contributed by atoms with Crippen LogP contribution in [0.15, 0.2) is 36.5 Å². The smallest absolute Gasteiger partial charge is 0.178 e.